The average Bonchev–Trinajstić information content (AvgIpc) is 3.18. The molecule has 0 aromatic heterocycles. The molecule has 5 heteroatoms. The van der Waals surface area contributed by atoms with Gasteiger partial charge in [0.15, 0.2) is 0 Å². The first kappa shape index (κ1) is 24.1. The van der Waals surface area contributed by atoms with Crippen LogP contribution in [-0.4, -0.2) is 29.8 Å². The lowest BCUT2D eigenvalue weighted by Gasteiger charge is -2.53. The van der Waals surface area contributed by atoms with Gasteiger partial charge < -0.3 is 14.6 Å². The molecule has 186 valence electrons. The molecule has 2 fully saturated rings. The summed E-state index contributed by atoms with van der Waals surface area (Å²) in [4.78, 5) is 24.4. The van der Waals surface area contributed by atoms with Crippen LogP contribution < -0.4 is 4.74 Å². The number of fused-ring (bicyclic) bond motifs is 5. The smallest absolute Gasteiger partial charge is 0.343 e. The molecule has 0 radical (unpaired) electrons. The molecule has 35 heavy (non-hydrogen) atoms. The van der Waals surface area contributed by atoms with Gasteiger partial charge in [-0.05, 0) is 104 Å². The fourth-order valence-corrected chi connectivity index (χ4v) is 7.55. The van der Waals surface area contributed by atoms with Gasteiger partial charge in [0.25, 0.3) is 0 Å². The number of aliphatic hydroxyl groups is 1. The van der Waals surface area contributed by atoms with E-state index in [0.29, 0.717) is 35.0 Å². The topological polar surface area (TPSA) is 72.8 Å². The average molecular weight is 477 g/mol. The number of carbonyl (C=O) groups excluding carboxylic acids is 2. The number of hydrogen-bond donors (Lipinski definition) is 1. The Morgan fingerprint density at radius 3 is 2.63 bits per heavy atom. The predicted molar refractivity (Wildman–Crippen MR) is 133 cm³/mol. The summed E-state index contributed by atoms with van der Waals surface area (Å²) in [6, 6.07) is 15.2. The van der Waals surface area contributed by atoms with E-state index in [2.05, 4.69) is 19.1 Å². The van der Waals surface area contributed by atoms with Crippen LogP contribution in [0.2, 0.25) is 0 Å². The molecule has 0 aliphatic heterocycles. The molecule has 5 rings (SSSR count). The highest BCUT2D eigenvalue weighted by molar-refractivity contribution is 5.91. The molecule has 0 amide bonds. The molecule has 0 unspecified atom stereocenters. The molecule has 3 aliphatic carbocycles. The summed E-state index contributed by atoms with van der Waals surface area (Å²) in [7, 11) is 0. The second-order valence-corrected chi connectivity index (χ2v) is 11.0. The zero-order chi connectivity index (χ0) is 24.6. The van der Waals surface area contributed by atoms with Crippen LogP contribution in [0.3, 0.4) is 0 Å². The normalized spacial score (nSPS) is 31.1. The molecule has 6 atom stereocenters. The highest BCUT2D eigenvalue weighted by atomic mass is 16.5. The largest absolute Gasteiger partial charge is 0.462 e. The molecular weight excluding hydrogens is 440 g/mol. The van der Waals surface area contributed by atoms with Crippen molar-refractivity contribution in [1.29, 1.82) is 0 Å². The lowest BCUT2D eigenvalue weighted by molar-refractivity contribution is -0.155. The van der Waals surface area contributed by atoms with Crippen LogP contribution in [0.1, 0.15) is 79.8 Å². The van der Waals surface area contributed by atoms with Gasteiger partial charge in [-0.1, -0.05) is 31.2 Å². The van der Waals surface area contributed by atoms with E-state index >= 15 is 0 Å². The van der Waals surface area contributed by atoms with Crippen LogP contribution in [0, 0.1) is 23.2 Å². The molecule has 2 aromatic rings. The number of esters is 2. The molecule has 0 heterocycles. The van der Waals surface area contributed by atoms with Gasteiger partial charge in [-0.2, -0.15) is 0 Å². The second-order valence-electron chi connectivity index (χ2n) is 11.0. The fraction of sp³-hybridized carbons (Fsp3) is 0.533. The van der Waals surface area contributed by atoms with E-state index in [1.54, 1.807) is 12.1 Å². The number of carbonyl (C=O) groups is 2. The third kappa shape index (κ3) is 4.51. The monoisotopic (exact) mass is 476 g/mol. The van der Waals surface area contributed by atoms with Crippen molar-refractivity contribution in [1.82, 2.24) is 0 Å². The molecule has 0 saturated heterocycles. The van der Waals surface area contributed by atoms with Gasteiger partial charge in [0, 0.05) is 18.9 Å². The van der Waals surface area contributed by atoms with E-state index < -0.39 is 0 Å². The maximum absolute atomic E-state index is 12.6. The number of aliphatic hydroxyl groups excluding tert-OH is 1. The van der Waals surface area contributed by atoms with Gasteiger partial charge in [-0.15, -0.1) is 0 Å². The van der Waals surface area contributed by atoms with Gasteiger partial charge >= 0.3 is 11.9 Å². The van der Waals surface area contributed by atoms with E-state index in [1.165, 1.54) is 18.1 Å². The summed E-state index contributed by atoms with van der Waals surface area (Å²) < 4.78 is 11.5. The molecule has 3 aliphatic rings. The van der Waals surface area contributed by atoms with Gasteiger partial charge in [-0.3, -0.25) is 4.79 Å². The summed E-state index contributed by atoms with van der Waals surface area (Å²) in [5.74, 6) is 2.02. The van der Waals surface area contributed by atoms with Crippen LogP contribution in [0.4, 0.5) is 0 Å². The molecule has 2 aromatic carbocycles. The minimum atomic E-state index is -0.341. The zero-order valence-corrected chi connectivity index (χ0v) is 20.7. The first-order valence-electron chi connectivity index (χ1n) is 13.1. The second kappa shape index (κ2) is 9.77. The van der Waals surface area contributed by atoms with Gasteiger partial charge in [0.2, 0.25) is 0 Å². The Balaban J connectivity index is 1.42. The number of hydrogen-bond acceptors (Lipinski definition) is 5. The molecule has 1 N–H and O–H groups in total. The standard InChI is InChI=1S/C30H36O5/c1-19(32)34-27-13-12-26-28-21(9-6-16-31)17-22-18-23(35-29(33)20-7-4-3-5-8-20)10-11-24(22)25(28)14-15-30(26,27)2/h3-5,7-8,10-11,18,21,25-28,31H,6,9,12-17H2,1-2H3/t21-,25-,26+,27+,28-,30+/m1/s1. The Morgan fingerprint density at radius 2 is 1.89 bits per heavy atom. The van der Waals surface area contributed by atoms with Crippen molar-refractivity contribution in [2.75, 3.05) is 6.61 Å². The van der Waals surface area contributed by atoms with Gasteiger partial charge in [-0.25, -0.2) is 4.79 Å². The van der Waals surface area contributed by atoms with Crippen LogP contribution in [0.5, 0.6) is 5.75 Å². The van der Waals surface area contributed by atoms with Crippen molar-refractivity contribution < 1.29 is 24.2 Å². The zero-order valence-electron chi connectivity index (χ0n) is 20.7. The maximum atomic E-state index is 12.6. The van der Waals surface area contributed by atoms with Gasteiger partial charge in [0.1, 0.15) is 11.9 Å². The van der Waals surface area contributed by atoms with Gasteiger partial charge in [0.05, 0.1) is 5.56 Å². The molecular formula is C30H36O5. The number of rotatable bonds is 6. The van der Waals surface area contributed by atoms with Crippen LogP contribution in [0.25, 0.3) is 0 Å². The Kier molecular flexibility index (Phi) is 6.71. The highest BCUT2D eigenvalue weighted by Crippen LogP contribution is 2.63. The molecule has 0 bridgehead atoms. The Labute approximate surface area is 207 Å². The summed E-state index contributed by atoms with van der Waals surface area (Å²) >= 11 is 0. The summed E-state index contributed by atoms with van der Waals surface area (Å²) in [5, 5.41) is 9.60. The van der Waals surface area contributed by atoms with E-state index in [4.69, 9.17) is 9.47 Å². The van der Waals surface area contributed by atoms with Crippen LogP contribution in [-0.2, 0) is 16.0 Å². The number of ether oxygens (including phenoxy) is 2. The number of benzene rings is 2. The Morgan fingerprint density at radius 1 is 1.09 bits per heavy atom. The van der Waals surface area contributed by atoms with Crippen molar-refractivity contribution in [3.05, 3.63) is 65.2 Å². The molecule has 5 nitrogen and oxygen atoms in total. The molecule has 0 spiro atoms. The van der Waals surface area contributed by atoms with Crippen LogP contribution >= 0.6 is 0 Å². The van der Waals surface area contributed by atoms with E-state index in [9.17, 15) is 14.7 Å². The first-order valence-corrected chi connectivity index (χ1v) is 13.1. The van der Waals surface area contributed by atoms with Crippen molar-refractivity contribution >= 4 is 11.9 Å². The first-order chi connectivity index (χ1) is 16.9. The van der Waals surface area contributed by atoms with Crippen molar-refractivity contribution in [2.24, 2.45) is 23.2 Å². The van der Waals surface area contributed by atoms with E-state index in [0.717, 1.165) is 44.9 Å². The third-order valence-corrected chi connectivity index (χ3v) is 9.05. The van der Waals surface area contributed by atoms with Crippen molar-refractivity contribution in [2.45, 2.75) is 70.8 Å². The summed E-state index contributed by atoms with van der Waals surface area (Å²) in [6.45, 7) is 4.05. The van der Waals surface area contributed by atoms with Crippen molar-refractivity contribution in [3.63, 3.8) is 0 Å². The van der Waals surface area contributed by atoms with E-state index in [1.807, 2.05) is 24.3 Å². The SMILES string of the molecule is CC(=O)O[C@H]1CC[C@H]2[C@@H]3[C@H](CCCO)Cc4cc(OC(=O)c5ccccc5)ccc4[C@H]3CC[C@]12C. The van der Waals surface area contributed by atoms with E-state index in [-0.39, 0.29) is 30.1 Å². The lowest BCUT2D eigenvalue weighted by atomic mass is 9.52. The third-order valence-electron chi connectivity index (χ3n) is 9.05. The van der Waals surface area contributed by atoms with Crippen LogP contribution in [0.15, 0.2) is 48.5 Å². The summed E-state index contributed by atoms with van der Waals surface area (Å²) in [5.41, 5.74) is 3.21. The Bertz CT molecular complexity index is 1080. The minimum Gasteiger partial charge on any atom is -0.462 e. The minimum absolute atomic E-state index is 0.00520. The fourth-order valence-electron chi connectivity index (χ4n) is 7.55. The van der Waals surface area contributed by atoms with Crippen molar-refractivity contribution in [3.8, 4) is 5.75 Å². The predicted octanol–water partition coefficient (Wildman–Crippen LogP) is 5.69. The summed E-state index contributed by atoms with van der Waals surface area (Å²) in [6.07, 6.45) is 6.86. The highest BCUT2D eigenvalue weighted by Gasteiger charge is 2.58. The lowest BCUT2D eigenvalue weighted by Crippen LogP contribution is -2.48. The maximum Gasteiger partial charge on any atom is 0.343 e. The Hall–Kier alpha value is -2.66. The quantitative estimate of drug-likeness (QED) is 0.428. The molecule has 2 saturated carbocycles.